The van der Waals surface area contributed by atoms with E-state index >= 15 is 0 Å². The van der Waals surface area contributed by atoms with Gasteiger partial charge in [-0.05, 0) is 45.7 Å². The number of hydrogen-bond donors (Lipinski definition) is 0. The van der Waals surface area contributed by atoms with Gasteiger partial charge < -0.3 is 9.64 Å². The van der Waals surface area contributed by atoms with Crippen LogP contribution in [0, 0.1) is 11.3 Å². The van der Waals surface area contributed by atoms with Gasteiger partial charge in [0.2, 0.25) is 0 Å². The first-order chi connectivity index (χ1) is 12.5. The van der Waals surface area contributed by atoms with Crippen molar-refractivity contribution in [3.63, 3.8) is 0 Å². The molecule has 3 rings (SSSR count). The molecule has 0 N–H and O–H groups in total. The Morgan fingerprint density at radius 2 is 2.15 bits per heavy atom. The van der Waals surface area contributed by atoms with Gasteiger partial charge in [-0.15, -0.1) is 0 Å². The van der Waals surface area contributed by atoms with E-state index in [0.29, 0.717) is 31.4 Å². The largest absolute Gasteiger partial charge is 0.466 e. The summed E-state index contributed by atoms with van der Waals surface area (Å²) >= 11 is 0. The third kappa shape index (κ3) is 3.47. The van der Waals surface area contributed by atoms with Crippen LogP contribution in [0.15, 0.2) is 24.4 Å². The zero-order valence-electron chi connectivity index (χ0n) is 16.0. The van der Waals surface area contributed by atoms with Gasteiger partial charge in [0.1, 0.15) is 5.69 Å². The van der Waals surface area contributed by atoms with Gasteiger partial charge in [0.05, 0.1) is 12.0 Å². The van der Waals surface area contributed by atoms with E-state index in [0.717, 1.165) is 25.9 Å². The summed E-state index contributed by atoms with van der Waals surface area (Å²) in [5.41, 5.74) is -0.0331. The molecule has 2 fully saturated rings. The predicted octanol–water partition coefficient (Wildman–Crippen LogP) is 2.21. The van der Waals surface area contributed by atoms with Gasteiger partial charge in [-0.1, -0.05) is 6.07 Å². The first-order valence-electron chi connectivity index (χ1n) is 9.59. The van der Waals surface area contributed by atoms with Gasteiger partial charge in [-0.3, -0.25) is 19.5 Å². The number of ether oxygens (including phenoxy) is 1. The summed E-state index contributed by atoms with van der Waals surface area (Å²) in [7, 11) is 0. The van der Waals surface area contributed by atoms with E-state index in [1.54, 1.807) is 12.3 Å². The van der Waals surface area contributed by atoms with Crippen LogP contribution in [0.3, 0.4) is 0 Å². The molecule has 2 saturated heterocycles. The Kier molecular flexibility index (Phi) is 5.61. The lowest BCUT2D eigenvalue weighted by atomic mass is 9.75. The van der Waals surface area contributed by atoms with E-state index in [-0.39, 0.29) is 17.8 Å². The monoisotopic (exact) mass is 359 g/mol. The molecule has 2 atom stereocenters. The number of likely N-dealkylation sites (tertiary alicyclic amines) is 2. The molecule has 2 aliphatic rings. The molecule has 6 heteroatoms. The zero-order chi connectivity index (χ0) is 18.7. The fourth-order valence-corrected chi connectivity index (χ4v) is 4.31. The van der Waals surface area contributed by atoms with Crippen LogP contribution in [0.2, 0.25) is 0 Å². The molecule has 26 heavy (non-hydrogen) atoms. The Bertz CT molecular complexity index is 649. The van der Waals surface area contributed by atoms with Gasteiger partial charge in [0, 0.05) is 44.3 Å². The molecule has 1 aromatic heterocycles. The Labute approximate surface area is 155 Å². The second kappa shape index (κ2) is 7.74. The van der Waals surface area contributed by atoms with Crippen molar-refractivity contribution in [2.45, 2.75) is 39.7 Å². The summed E-state index contributed by atoms with van der Waals surface area (Å²) in [5, 5.41) is 0. The third-order valence-corrected chi connectivity index (χ3v) is 5.80. The van der Waals surface area contributed by atoms with Crippen molar-refractivity contribution in [3.05, 3.63) is 30.1 Å². The number of amides is 1. The van der Waals surface area contributed by atoms with E-state index in [1.807, 2.05) is 24.0 Å². The summed E-state index contributed by atoms with van der Waals surface area (Å²) < 4.78 is 5.47. The van der Waals surface area contributed by atoms with Gasteiger partial charge in [-0.25, -0.2) is 0 Å². The molecule has 2 aliphatic heterocycles. The van der Waals surface area contributed by atoms with E-state index in [1.165, 1.54) is 0 Å². The number of esters is 1. The fraction of sp³-hybridized carbons (Fsp3) is 0.650. The Morgan fingerprint density at radius 1 is 1.35 bits per heavy atom. The highest BCUT2D eigenvalue weighted by Gasteiger charge is 2.54. The second-order valence-corrected chi connectivity index (χ2v) is 7.67. The highest BCUT2D eigenvalue weighted by Crippen LogP contribution is 2.44. The van der Waals surface area contributed by atoms with Crippen LogP contribution in [-0.4, -0.2) is 65.5 Å². The average molecular weight is 359 g/mol. The lowest BCUT2D eigenvalue weighted by Crippen LogP contribution is -2.43. The van der Waals surface area contributed by atoms with Crippen molar-refractivity contribution in [2.75, 3.05) is 32.8 Å². The van der Waals surface area contributed by atoms with Crippen molar-refractivity contribution in [1.82, 2.24) is 14.8 Å². The number of carbonyl (C=O) groups is 2. The summed E-state index contributed by atoms with van der Waals surface area (Å²) in [6.45, 7) is 9.34. The SMILES string of the molecule is CCOC(=O)[C@]12CCCN(C(=O)c3ccccn3)C[C@H]1CN(C(C)C)C2. The minimum Gasteiger partial charge on any atom is -0.466 e. The van der Waals surface area contributed by atoms with Gasteiger partial charge in [-0.2, -0.15) is 0 Å². The molecule has 0 spiro atoms. The first kappa shape index (κ1) is 18.8. The highest BCUT2D eigenvalue weighted by atomic mass is 16.5. The number of pyridine rings is 1. The van der Waals surface area contributed by atoms with Gasteiger partial charge in [0.25, 0.3) is 5.91 Å². The standard InChI is InChI=1S/C20H29N3O3/c1-4-26-19(25)20-9-7-11-22(18(24)17-8-5-6-10-21-17)12-16(20)13-23(14-20)15(2)3/h5-6,8,10,15-16H,4,7,9,11-14H2,1-3H3/t16-,20-/m0/s1. The van der Waals surface area contributed by atoms with E-state index in [9.17, 15) is 9.59 Å². The number of nitrogens with zero attached hydrogens (tertiary/aromatic N) is 3. The normalized spacial score (nSPS) is 26.5. The maximum absolute atomic E-state index is 12.9. The zero-order valence-corrected chi connectivity index (χ0v) is 16.0. The molecule has 1 aromatic rings. The third-order valence-electron chi connectivity index (χ3n) is 5.80. The van der Waals surface area contributed by atoms with Crippen LogP contribution >= 0.6 is 0 Å². The molecule has 6 nitrogen and oxygen atoms in total. The minimum absolute atomic E-state index is 0.0479. The number of fused-ring (bicyclic) bond motifs is 1. The average Bonchev–Trinajstić information content (AvgIpc) is 2.91. The second-order valence-electron chi connectivity index (χ2n) is 7.67. The van der Waals surface area contributed by atoms with Crippen molar-refractivity contribution < 1.29 is 14.3 Å². The number of rotatable bonds is 4. The lowest BCUT2D eigenvalue weighted by molar-refractivity contribution is -0.157. The Balaban J connectivity index is 1.85. The van der Waals surface area contributed by atoms with Crippen LogP contribution in [-0.2, 0) is 9.53 Å². The Hall–Kier alpha value is -1.95. The van der Waals surface area contributed by atoms with Crippen molar-refractivity contribution >= 4 is 11.9 Å². The van der Waals surface area contributed by atoms with E-state index in [4.69, 9.17) is 4.74 Å². The van der Waals surface area contributed by atoms with Crippen LogP contribution < -0.4 is 0 Å². The molecule has 0 bridgehead atoms. The molecule has 0 radical (unpaired) electrons. The van der Waals surface area contributed by atoms with Crippen LogP contribution in [0.5, 0.6) is 0 Å². The lowest BCUT2D eigenvalue weighted by Gasteiger charge is -2.31. The molecule has 0 aliphatic carbocycles. The smallest absolute Gasteiger partial charge is 0.313 e. The molecular formula is C20H29N3O3. The molecule has 0 unspecified atom stereocenters. The highest BCUT2D eigenvalue weighted by molar-refractivity contribution is 5.92. The number of carbonyl (C=O) groups excluding carboxylic acids is 2. The maximum atomic E-state index is 12.9. The van der Waals surface area contributed by atoms with E-state index < -0.39 is 5.41 Å². The van der Waals surface area contributed by atoms with Crippen molar-refractivity contribution in [3.8, 4) is 0 Å². The summed E-state index contributed by atoms with van der Waals surface area (Å²) in [6, 6.07) is 5.76. The van der Waals surface area contributed by atoms with Gasteiger partial charge in [0.15, 0.2) is 0 Å². The topological polar surface area (TPSA) is 62.7 Å². The van der Waals surface area contributed by atoms with Crippen LogP contribution in [0.1, 0.15) is 44.1 Å². The molecule has 3 heterocycles. The summed E-state index contributed by atoms with van der Waals surface area (Å²) in [4.78, 5) is 34.2. The minimum atomic E-state index is -0.501. The van der Waals surface area contributed by atoms with Crippen LogP contribution in [0.25, 0.3) is 0 Å². The number of aromatic nitrogens is 1. The molecular weight excluding hydrogens is 330 g/mol. The number of hydrogen-bond acceptors (Lipinski definition) is 5. The first-order valence-corrected chi connectivity index (χ1v) is 9.59. The predicted molar refractivity (Wildman–Crippen MR) is 98.6 cm³/mol. The van der Waals surface area contributed by atoms with E-state index in [2.05, 4.69) is 23.7 Å². The summed E-state index contributed by atoms with van der Waals surface area (Å²) in [6.07, 6.45) is 3.22. The molecule has 0 aromatic carbocycles. The maximum Gasteiger partial charge on any atom is 0.313 e. The van der Waals surface area contributed by atoms with Crippen molar-refractivity contribution in [2.24, 2.45) is 11.3 Å². The molecule has 0 saturated carbocycles. The van der Waals surface area contributed by atoms with Gasteiger partial charge >= 0.3 is 5.97 Å². The molecule has 1 amide bonds. The fourth-order valence-electron chi connectivity index (χ4n) is 4.31. The van der Waals surface area contributed by atoms with Crippen molar-refractivity contribution in [1.29, 1.82) is 0 Å². The summed E-state index contributed by atoms with van der Waals surface area (Å²) in [5.74, 6) is -0.0485. The van der Waals surface area contributed by atoms with Crippen LogP contribution in [0.4, 0.5) is 0 Å². The molecule has 142 valence electrons. The quantitative estimate of drug-likeness (QED) is 0.772. The Morgan fingerprint density at radius 3 is 2.81 bits per heavy atom.